The van der Waals surface area contributed by atoms with Crippen molar-refractivity contribution in [2.75, 3.05) is 0 Å². The number of hydrogen-bond acceptors (Lipinski definition) is 10. The first kappa shape index (κ1) is 37.3. The van der Waals surface area contributed by atoms with Crippen LogP contribution in [0.2, 0.25) is 5.15 Å². The van der Waals surface area contributed by atoms with Crippen LogP contribution >= 0.6 is 11.6 Å². The van der Waals surface area contributed by atoms with Gasteiger partial charge in [0, 0.05) is 30.1 Å². The summed E-state index contributed by atoms with van der Waals surface area (Å²) in [5.41, 5.74) is 5.74. The summed E-state index contributed by atoms with van der Waals surface area (Å²) in [6.07, 6.45) is 11.3. The van der Waals surface area contributed by atoms with Crippen LogP contribution < -0.4 is 14.9 Å². The molecule has 52 heavy (non-hydrogen) atoms. The molecule has 2 aliphatic carbocycles. The van der Waals surface area contributed by atoms with Gasteiger partial charge in [0.25, 0.3) is 0 Å². The van der Waals surface area contributed by atoms with Crippen molar-refractivity contribution in [1.82, 2.24) is 9.97 Å². The summed E-state index contributed by atoms with van der Waals surface area (Å²) in [7, 11) is -1.46. The second-order valence-corrected chi connectivity index (χ2v) is 15.2. The van der Waals surface area contributed by atoms with E-state index in [2.05, 4.69) is 42.7 Å². The van der Waals surface area contributed by atoms with Gasteiger partial charge in [0.15, 0.2) is 0 Å². The minimum Gasteiger partial charge on any atom is -0.508 e. The Kier molecular flexibility index (Phi) is 11.2. The van der Waals surface area contributed by atoms with Gasteiger partial charge in [-0.05, 0) is 107 Å². The van der Waals surface area contributed by atoms with Crippen LogP contribution in [0.5, 0.6) is 23.0 Å². The second kappa shape index (κ2) is 15.7. The van der Waals surface area contributed by atoms with E-state index >= 15 is 0 Å². The minimum atomic E-state index is -1.46. The predicted molar refractivity (Wildman–Crippen MR) is 205 cm³/mol. The molecule has 0 spiro atoms. The van der Waals surface area contributed by atoms with Crippen LogP contribution in [-0.4, -0.2) is 61.0 Å². The van der Waals surface area contributed by atoms with E-state index in [0.717, 1.165) is 45.3 Å². The molecule has 4 aromatic rings. The standard InChI is InChI=1S/C20H22N2O2.C14H17ClN2O.C6H7BO3/c1-20(2,14-4-3-5-14)24-19-10-17(13-6-8-15(23)9-7-13)22-18-12-21-11-16(18)19;1-14(2,9-4-3-5-9)18-12-6-13(15)17-11-8-16-7-10(11)12;8-6-3-1-5(2-4-6)7(9)10/h6-11,14,23H,3-5,12H2,1-2H3;6-7,9H,3-5,8H2,1-2H3;1-4,8-10H. The lowest BCUT2D eigenvalue weighted by molar-refractivity contribution is 0.00467. The third-order valence-corrected chi connectivity index (χ3v) is 10.6. The SMILES string of the molecule is CC(C)(Oc1cc(-c2ccc(O)cc2)nc2c1C=NC2)C1CCC1.CC(C)(Oc1cc(Cl)nc2c1C=NC2)C1CCC1.OB(O)c1ccc(O)cc1. The summed E-state index contributed by atoms with van der Waals surface area (Å²) in [5.74, 6) is 3.30. The topological polar surface area (TPSA) is 150 Å². The van der Waals surface area contributed by atoms with E-state index in [0.29, 0.717) is 35.5 Å². The fourth-order valence-corrected chi connectivity index (χ4v) is 6.83. The number of pyridine rings is 2. The molecular formula is C40H46BClN4O6. The molecular weight excluding hydrogens is 679 g/mol. The van der Waals surface area contributed by atoms with Crippen molar-refractivity contribution < 1.29 is 29.7 Å². The van der Waals surface area contributed by atoms with Crippen molar-refractivity contribution in [3.05, 3.63) is 88.3 Å². The van der Waals surface area contributed by atoms with Crippen LogP contribution in [0, 0.1) is 11.8 Å². The van der Waals surface area contributed by atoms with Crippen molar-refractivity contribution in [1.29, 1.82) is 0 Å². The maximum Gasteiger partial charge on any atom is 0.488 e. The molecule has 12 heteroatoms. The third kappa shape index (κ3) is 8.77. The molecule has 272 valence electrons. The molecule has 2 saturated carbocycles. The largest absolute Gasteiger partial charge is 0.508 e. The summed E-state index contributed by atoms with van der Waals surface area (Å²) in [6.45, 7) is 9.87. The number of phenols is 2. The van der Waals surface area contributed by atoms with E-state index in [4.69, 9.17) is 41.2 Å². The van der Waals surface area contributed by atoms with Gasteiger partial charge in [0.2, 0.25) is 0 Å². The van der Waals surface area contributed by atoms with Gasteiger partial charge < -0.3 is 29.7 Å². The average Bonchev–Trinajstić information content (AvgIpc) is 3.70. The van der Waals surface area contributed by atoms with Crippen LogP contribution in [0.4, 0.5) is 0 Å². The first-order chi connectivity index (χ1) is 24.8. The summed E-state index contributed by atoms with van der Waals surface area (Å²) >= 11 is 6.04. The van der Waals surface area contributed by atoms with Crippen LogP contribution in [0.15, 0.2) is 70.6 Å². The Hall–Kier alpha value is -4.45. The van der Waals surface area contributed by atoms with E-state index in [1.54, 1.807) is 18.2 Å². The average molecular weight is 725 g/mol. The molecule has 0 unspecified atom stereocenters. The molecule has 2 aromatic heterocycles. The van der Waals surface area contributed by atoms with Gasteiger partial charge in [0.1, 0.15) is 39.4 Å². The fraction of sp³-hybridized carbons (Fsp3) is 0.400. The molecule has 10 nitrogen and oxygen atoms in total. The number of aliphatic imine (C=N–C) groups is 2. The molecule has 8 rings (SSSR count). The monoisotopic (exact) mass is 724 g/mol. The molecule has 2 aliphatic heterocycles. The number of rotatable bonds is 8. The first-order valence-electron chi connectivity index (χ1n) is 17.8. The van der Waals surface area contributed by atoms with Crippen LogP contribution in [0.1, 0.15) is 88.7 Å². The van der Waals surface area contributed by atoms with E-state index < -0.39 is 7.12 Å². The van der Waals surface area contributed by atoms with Gasteiger partial charge in [-0.3, -0.25) is 9.98 Å². The molecule has 0 radical (unpaired) electrons. The Labute approximate surface area is 310 Å². The second-order valence-electron chi connectivity index (χ2n) is 14.8. The Morgan fingerprint density at radius 1 is 0.673 bits per heavy atom. The lowest BCUT2D eigenvalue weighted by atomic mass is 9.74. The zero-order valence-electron chi connectivity index (χ0n) is 30.1. The van der Waals surface area contributed by atoms with Crippen LogP contribution in [-0.2, 0) is 13.1 Å². The quantitative estimate of drug-likeness (QED) is 0.112. The number of aromatic nitrogens is 2. The zero-order valence-corrected chi connectivity index (χ0v) is 30.8. The fourth-order valence-electron chi connectivity index (χ4n) is 6.63. The van der Waals surface area contributed by atoms with Gasteiger partial charge in [-0.1, -0.05) is 36.6 Å². The highest BCUT2D eigenvalue weighted by atomic mass is 35.5. The smallest absolute Gasteiger partial charge is 0.488 e. The van der Waals surface area contributed by atoms with Gasteiger partial charge in [-0.2, -0.15) is 0 Å². The van der Waals surface area contributed by atoms with Gasteiger partial charge in [0.05, 0.1) is 41.3 Å². The van der Waals surface area contributed by atoms with Gasteiger partial charge >= 0.3 is 7.12 Å². The van der Waals surface area contributed by atoms with Crippen molar-refractivity contribution in [2.45, 2.75) is 90.5 Å². The van der Waals surface area contributed by atoms with Gasteiger partial charge in [-0.25, -0.2) is 9.97 Å². The first-order valence-corrected chi connectivity index (χ1v) is 18.2. The highest BCUT2D eigenvalue weighted by molar-refractivity contribution is 6.58. The Bertz CT molecular complexity index is 1920. The molecule has 0 amide bonds. The number of fused-ring (bicyclic) bond motifs is 2. The predicted octanol–water partition coefficient (Wildman–Crippen LogP) is 7.04. The lowest BCUT2D eigenvalue weighted by Gasteiger charge is -2.40. The summed E-state index contributed by atoms with van der Waals surface area (Å²) in [6, 6.07) is 16.6. The maximum atomic E-state index is 9.50. The summed E-state index contributed by atoms with van der Waals surface area (Å²) < 4.78 is 12.7. The molecule has 0 atom stereocenters. The van der Waals surface area contributed by atoms with Crippen molar-refractivity contribution in [3.63, 3.8) is 0 Å². The number of aromatic hydroxyl groups is 2. The normalized spacial score (nSPS) is 16.0. The summed E-state index contributed by atoms with van der Waals surface area (Å²) in [5, 5.41) is 35.9. The maximum absolute atomic E-state index is 9.50. The van der Waals surface area contributed by atoms with E-state index in [1.807, 2.05) is 30.6 Å². The van der Waals surface area contributed by atoms with Crippen LogP contribution in [0.25, 0.3) is 11.3 Å². The Morgan fingerprint density at radius 2 is 1.13 bits per heavy atom. The molecule has 4 heterocycles. The molecule has 4 aliphatic rings. The Balaban J connectivity index is 0.000000146. The summed E-state index contributed by atoms with van der Waals surface area (Å²) in [4.78, 5) is 17.6. The highest BCUT2D eigenvalue weighted by Crippen LogP contribution is 2.42. The number of halogens is 1. The molecule has 2 fully saturated rings. The molecule has 0 saturated heterocycles. The highest BCUT2D eigenvalue weighted by Gasteiger charge is 2.38. The van der Waals surface area contributed by atoms with Gasteiger partial charge in [-0.15, -0.1) is 0 Å². The number of nitrogens with zero attached hydrogens (tertiary/aromatic N) is 4. The van der Waals surface area contributed by atoms with E-state index in [-0.39, 0.29) is 22.7 Å². The molecule has 4 N–H and O–H groups in total. The van der Waals surface area contributed by atoms with Crippen molar-refractivity contribution in [3.8, 4) is 34.3 Å². The third-order valence-electron chi connectivity index (χ3n) is 10.4. The molecule has 2 aromatic carbocycles. The Morgan fingerprint density at radius 3 is 1.60 bits per heavy atom. The molecule has 0 bridgehead atoms. The van der Waals surface area contributed by atoms with E-state index in [1.165, 1.54) is 62.8 Å². The zero-order chi connectivity index (χ0) is 37.0. The van der Waals surface area contributed by atoms with Crippen molar-refractivity contribution in [2.24, 2.45) is 21.8 Å². The van der Waals surface area contributed by atoms with Crippen LogP contribution in [0.3, 0.4) is 0 Å². The number of ether oxygens (including phenoxy) is 2. The number of phenolic OH excluding ortho intramolecular Hbond substituents is 2. The lowest BCUT2D eigenvalue weighted by Crippen LogP contribution is -2.41. The van der Waals surface area contributed by atoms with Crippen molar-refractivity contribution >= 4 is 36.6 Å². The van der Waals surface area contributed by atoms with E-state index in [9.17, 15) is 5.11 Å². The number of hydrogen-bond donors (Lipinski definition) is 4. The minimum absolute atomic E-state index is 0.115. The number of benzene rings is 2.